The van der Waals surface area contributed by atoms with Crippen LogP contribution in [0.4, 0.5) is 5.69 Å². The Hall–Kier alpha value is -0.950. The van der Waals surface area contributed by atoms with Gasteiger partial charge in [0.1, 0.15) is 0 Å². The van der Waals surface area contributed by atoms with Crippen LogP contribution in [-0.2, 0) is 0 Å². The standard InChI is InChI=1S/C13H16Br2N2O3/c1-3-13(2,4-5-14)16-12(18)9-6-10(15)8-11(7-9)17(19)20/h6-8H,3-5H2,1-2H3,(H,16,18). The third kappa shape index (κ3) is 4.56. The second-order valence-corrected chi connectivity index (χ2v) is 6.47. The van der Waals surface area contributed by atoms with Crippen LogP contribution in [-0.4, -0.2) is 21.7 Å². The van der Waals surface area contributed by atoms with Crippen molar-refractivity contribution < 1.29 is 9.72 Å². The summed E-state index contributed by atoms with van der Waals surface area (Å²) in [6.45, 7) is 3.95. The van der Waals surface area contributed by atoms with Crippen LogP contribution in [0.5, 0.6) is 0 Å². The summed E-state index contributed by atoms with van der Waals surface area (Å²) in [5.41, 5.74) is -0.166. The molecule has 0 radical (unpaired) electrons. The number of hydrogen-bond donors (Lipinski definition) is 1. The van der Waals surface area contributed by atoms with E-state index in [0.29, 0.717) is 4.47 Å². The van der Waals surface area contributed by atoms with E-state index in [0.717, 1.165) is 18.2 Å². The van der Waals surface area contributed by atoms with Gasteiger partial charge in [-0.1, -0.05) is 38.8 Å². The predicted molar refractivity (Wildman–Crippen MR) is 85.4 cm³/mol. The van der Waals surface area contributed by atoms with Gasteiger partial charge in [-0.05, 0) is 25.8 Å². The quantitative estimate of drug-likeness (QED) is 0.439. The summed E-state index contributed by atoms with van der Waals surface area (Å²) in [7, 11) is 0. The lowest BCUT2D eigenvalue weighted by Crippen LogP contribution is -2.45. The molecule has 1 N–H and O–H groups in total. The van der Waals surface area contributed by atoms with Gasteiger partial charge < -0.3 is 5.32 Å². The fourth-order valence-corrected chi connectivity index (χ4v) is 3.05. The van der Waals surface area contributed by atoms with Gasteiger partial charge in [-0.3, -0.25) is 14.9 Å². The van der Waals surface area contributed by atoms with E-state index in [1.54, 1.807) is 6.07 Å². The lowest BCUT2D eigenvalue weighted by molar-refractivity contribution is -0.385. The average Bonchev–Trinajstić information content (AvgIpc) is 2.38. The molecule has 20 heavy (non-hydrogen) atoms. The molecule has 0 spiro atoms. The Kier molecular flexibility index (Phi) is 6.13. The Labute approximate surface area is 134 Å². The molecule has 1 amide bonds. The van der Waals surface area contributed by atoms with Crippen molar-refractivity contribution in [1.82, 2.24) is 5.32 Å². The van der Waals surface area contributed by atoms with Crippen LogP contribution in [0.15, 0.2) is 22.7 Å². The number of alkyl halides is 1. The highest BCUT2D eigenvalue weighted by molar-refractivity contribution is 9.10. The molecule has 0 aliphatic heterocycles. The fraction of sp³-hybridized carbons (Fsp3) is 0.462. The molecule has 0 bridgehead atoms. The Morgan fingerprint density at radius 3 is 2.60 bits per heavy atom. The second kappa shape index (κ2) is 7.17. The Balaban J connectivity index is 3.00. The Morgan fingerprint density at radius 1 is 1.45 bits per heavy atom. The highest BCUT2D eigenvalue weighted by Crippen LogP contribution is 2.23. The fourth-order valence-electron chi connectivity index (χ4n) is 1.69. The number of carbonyl (C=O) groups is 1. The third-order valence-corrected chi connectivity index (χ3v) is 4.05. The first kappa shape index (κ1) is 17.1. The number of nitro benzene ring substituents is 1. The minimum absolute atomic E-state index is 0.108. The number of halogens is 2. The summed E-state index contributed by atoms with van der Waals surface area (Å²) < 4.78 is 0.510. The van der Waals surface area contributed by atoms with Gasteiger partial charge in [0.2, 0.25) is 0 Å². The van der Waals surface area contributed by atoms with Gasteiger partial charge in [0, 0.05) is 33.0 Å². The number of nitrogens with zero attached hydrogens (tertiary/aromatic N) is 1. The SMILES string of the molecule is CCC(C)(CCBr)NC(=O)c1cc(Br)cc([N+](=O)[O-])c1. The molecular weight excluding hydrogens is 392 g/mol. The third-order valence-electron chi connectivity index (χ3n) is 3.20. The minimum atomic E-state index is -0.515. The van der Waals surface area contributed by atoms with Crippen molar-refractivity contribution in [3.8, 4) is 0 Å². The lowest BCUT2D eigenvalue weighted by Gasteiger charge is -2.29. The second-order valence-electron chi connectivity index (χ2n) is 4.76. The van der Waals surface area contributed by atoms with Crippen molar-refractivity contribution in [2.75, 3.05) is 5.33 Å². The Morgan fingerprint density at radius 2 is 2.10 bits per heavy atom. The average molecular weight is 408 g/mol. The predicted octanol–water partition coefficient (Wildman–Crippen LogP) is 4.04. The Bertz CT molecular complexity index is 522. The minimum Gasteiger partial charge on any atom is -0.347 e. The molecule has 1 aromatic carbocycles. The molecule has 0 saturated heterocycles. The van der Waals surface area contributed by atoms with Crippen LogP contribution >= 0.6 is 31.9 Å². The normalized spacial score (nSPS) is 13.6. The molecular formula is C13H16Br2N2O3. The summed E-state index contributed by atoms with van der Waals surface area (Å²) >= 11 is 6.55. The van der Waals surface area contributed by atoms with Crippen molar-refractivity contribution in [2.24, 2.45) is 0 Å². The highest BCUT2D eigenvalue weighted by atomic mass is 79.9. The van der Waals surface area contributed by atoms with Crippen molar-refractivity contribution in [2.45, 2.75) is 32.2 Å². The van der Waals surface area contributed by atoms with Crippen LogP contribution in [0, 0.1) is 10.1 Å². The maximum absolute atomic E-state index is 12.3. The van der Waals surface area contributed by atoms with E-state index in [1.165, 1.54) is 12.1 Å². The number of rotatable bonds is 6. The van der Waals surface area contributed by atoms with Gasteiger partial charge in [0.25, 0.3) is 11.6 Å². The molecule has 0 heterocycles. The van der Waals surface area contributed by atoms with Crippen molar-refractivity contribution >= 4 is 43.5 Å². The maximum Gasteiger partial charge on any atom is 0.271 e. The van der Waals surface area contributed by atoms with Crippen LogP contribution in [0.3, 0.4) is 0 Å². The zero-order valence-electron chi connectivity index (χ0n) is 11.3. The first-order valence-electron chi connectivity index (χ1n) is 6.15. The topological polar surface area (TPSA) is 72.2 Å². The zero-order valence-corrected chi connectivity index (χ0v) is 14.5. The van der Waals surface area contributed by atoms with E-state index in [9.17, 15) is 14.9 Å². The molecule has 1 atom stereocenters. The van der Waals surface area contributed by atoms with Crippen LogP contribution in [0.25, 0.3) is 0 Å². The van der Waals surface area contributed by atoms with E-state index in [4.69, 9.17) is 0 Å². The maximum atomic E-state index is 12.3. The molecule has 5 nitrogen and oxygen atoms in total. The van der Waals surface area contributed by atoms with Crippen LogP contribution in [0.1, 0.15) is 37.0 Å². The summed E-state index contributed by atoms with van der Waals surface area (Å²) in [5, 5.41) is 14.5. The van der Waals surface area contributed by atoms with Crippen molar-refractivity contribution in [1.29, 1.82) is 0 Å². The number of nitro groups is 1. The molecule has 7 heteroatoms. The summed E-state index contributed by atoms with van der Waals surface area (Å²) in [5.74, 6) is -0.306. The monoisotopic (exact) mass is 406 g/mol. The summed E-state index contributed by atoms with van der Waals surface area (Å²) in [6, 6.07) is 4.23. The first-order chi connectivity index (χ1) is 9.31. The van der Waals surface area contributed by atoms with Gasteiger partial charge in [-0.15, -0.1) is 0 Å². The van der Waals surface area contributed by atoms with Crippen LogP contribution < -0.4 is 5.32 Å². The van der Waals surface area contributed by atoms with Gasteiger partial charge in [-0.2, -0.15) is 0 Å². The summed E-state index contributed by atoms with van der Waals surface area (Å²) in [4.78, 5) is 22.6. The van der Waals surface area contributed by atoms with Gasteiger partial charge in [0.15, 0.2) is 0 Å². The van der Waals surface area contributed by atoms with Gasteiger partial charge >= 0.3 is 0 Å². The molecule has 0 aliphatic rings. The molecule has 0 fully saturated rings. The van der Waals surface area contributed by atoms with Crippen molar-refractivity contribution in [3.05, 3.63) is 38.3 Å². The van der Waals surface area contributed by atoms with E-state index >= 15 is 0 Å². The number of amides is 1. The number of benzene rings is 1. The molecule has 110 valence electrons. The number of carbonyl (C=O) groups excluding carboxylic acids is 1. The smallest absolute Gasteiger partial charge is 0.271 e. The first-order valence-corrected chi connectivity index (χ1v) is 8.06. The van der Waals surface area contributed by atoms with E-state index in [1.807, 2.05) is 13.8 Å². The zero-order chi connectivity index (χ0) is 15.3. The molecule has 0 aliphatic carbocycles. The lowest BCUT2D eigenvalue weighted by atomic mass is 9.95. The molecule has 1 rings (SSSR count). The van der Waals surface area contributed by atoms with E-state index in [-0.39, 0.29) is 22.7 Å². The molecule has 0 saturated carbocycles. The summed E-state index contributed by atoms with van der Waals surface area (Å²) in [6.07, 6.45) is 1.56. The van der Waals surface area contributed by atoms with Crippen molar-refractivity contribution in [3.63, 3.8) is 0 Å². The number of nitrogens with one attached hydrogen (secondary N) is 1. The van der Waals surface area contributed by atoms with Crippen LogP contribution in [0.2, 0.25) is 0 Å². The van der Waals surface area contributed by atoms with E-state index in [2.05, 4.69) is 37.2 Å². The number of hydrogen-bond acceptors (Lipinski definition) is 3. The van der Waals surface area contributed by atoms with Gasteiger partial charge in [-0.25, -0.2) is 0 Å². The van der Waals surface area contributed by atoms with Gasteiger partial charge in [0.05, 0.1) is 4.92 Å². The highest BCUT2D eigenvalue weighted by Gasteiger charge is 2.25. The molecule has 1 aromatic rings. The molecule has 1 unspecified atom stereocenters. The van der Waals surface area contributed by atoms with E-state index < -0.39 is 4.92 Å². The molecule has 0 aromatic heterocycles. The largest absolute Gasteiger partial charge is 0.347 e. The number of non-ortho nitro benzene ring substituents is 1.